The molecule has 0 aliphatic carbocycles. The van der Waals surface area contributed by atoms with Crippen LogP contribution in [0.1, 0.15) is 17.3 Å². The number of hydrogen-bond acceptors (Lipinski definition) is 5. The van der Waals surface area contributed by atoms with Crippen LogP contribution in [0, 0.1) is 0 Å². The Morgan fingerprint density at radius 1 is 1.07 bits per heavy atom. The van der Waals surface area contributed by atoms with Crippen LogP contribution in [0.15, 0.2) is 36.5 Å². The summed E-state index contributed by atoms with van der Waals surface area (Å²) in [4.78, 5) is 2.34. The van der Waals surface area contributed by atoms with E-state index in [0.29, 0.717) is 5.75 Å². The summed E-state index contributed by atoms with van der Waals surface area (Å²) in [6.07, 6.45) is 3.09. The predicted octanol–water partition coefficient (Wildman–Crippen LogP) is 3.42. The lowest BCUT2D eigenvalue weighted by atomic mass is 9.94. The number of fused-ring (bicyclic) bond motifs is 3. The van der Waals surface area contributed by atoms with Gasteiger partial charge in [0, 0.05) is 29.2 Å². The number of ether oxygens (including phenoxy) is 4. The maximum Gasteiger partial charge on any atom is 0.231 e. The maximum atomic E-state index is 5.82. The molecule has 140 valence electrons. The molecule has 0 unspecified atom stereocenters. The number of hydrogen-bond donors (Lipinski definition) is 0. The lowest BCUT2D eigenvalue weighted by Gasteiger charge is -2.37. The minimum absolute atomic E-state index is 0.0177. The van der Waals surface area contributed by atoms with Crippen LogP contribution >= 0.6 is 0 Å². The Morgan fingerprint density at radius 2 is 1.96 bits per heavy atom. The Balaban J connectivity index is 1.73. The molecule has 3 aromatic rings. The van der Waals surface area contributed by atoms with Gasteiger partial charge in [-0.25, -0.2) is 0 Å². The van der Waals surface area contributed by atoms with Crippen LogP contribution < -0.4 is 18.9 Å². The first-order valence-electron chi connectivity index (χ1n) is 9.05. The summed E-state index contributed by atoms with van der Waals surface area (Å²) in [6, 6.07) is 10.4. The molecule has 2 aliphatic heterocycles. The van der Waals surface area contributed by atoms with Gasteiger partial charge in [0.2, 0.25) is 12.5 Å². The molecule has 5 rings (SSSR count). The van der Waals surface area contributed by atoms with Crippen molar-refractivity contribution >= 4 is 10.9 Å². The van der Waals surface area contributed by atoms with E-state index in [1.165, 1.54) is 5.56 Å². The van der Waals surface area contributed by atoms with Gasteiger partial charge < -0.3 is 23.5 Å². The fourth-order valence-corrected chi connectivity index (χ4v) is 4.24. The number of methoxy groups -OCH3 is 2. The van der Waals surface area contributed by atoms with Gasteiger partial charge >= 0.3 is 0 Å². The fraction of sp³-hybridized carbons (Fsp3) is 0.333. The zero-order valence-corrected chi connectivity index (χ0v) is 15.7. The number of rotatable bonds is 3. The van der Waals surface area contributed by atoms with E-state index in [-0.39, 0.29) is 13.0 Å². The van der Waals surface area contributed by atoms with E-state index in [2.05, 4.69) is 47.0 Å². The van der Waals surface area contributed by atoms with Crippen LogP contribution in [0.2, 0.25) is 0 Å². The van der Waals surface area contributed by atoms with Gasteiger partial charge in [0.05, 0.1) is 14.2 Å². The van der Waals surface area contributed by atoms with Crippen molar-refractivity contribution in [1.82, 2.24) is 9.47 Å². The zero-order chi connectivity index (χ0) is 18.5. The standard InChI is InChI=1S/C21H22N2O4/c1-22-8-6-14-11-17-19(27-12-26-17)20(25-3)18(14)21(22)23-9-7-13-10-15(24-2)4-5-16(13)23/h4-5,7,9-11,21H,6,8,12H2,1-3H3/t21-/m1/s1. The third-order valence-corrected chi connectivity index (χ3v) is 5.55. The van der Waals surface area contributed by atoms with Crippen molar-refractivity contribution in [2.45, 2.75) is 12.6 Å². The van der Waals surface area contributed by atoms with Gasteiger partial charge in [-0.3, -0.25) is 4.90 Å². The van der Waals surface area contributed by atoms with Crippen molar-refractivity contribution in [1.29, 1.82) is 0 Å². The number of aromatic nitrogens is 1. The largest absolute Gasteiger partial charge is 0.497 e. The van der Waals surface area contributed by atoms with Crippen LogP contribution in [0.5, 0.6) is 23.0 Å². The van der Waals surface area contributed by atoms with E-state index in [1.54, 1.807) is 14.2 Å². The molecule has 2 aromatic carbocycles. The number of likely N-dealkylation sites (N-methyl/N-ethyl adjacent to an activating group) is 1. The van der Waals surface area contributed by atoms with E-state index >= 15 is 0 Å². The summed E-state index contributed by atoms with van der Waals surface area (Å²) < 4.78 is 24.8. The second-order valence-corrected chi connectivity index (χ2v) is 6.97. The maximum absolute atomic E-state index is 5.82. The number of nitrogens with zero attached hydrogens (tertiary/aromatic N) is 2. The molecule has 0 saturated heterocycles. The highest BCUT2D eigenvalue weighted by atomic mass is 16.7. The predicted molar refractivity (Wildman–Crippen MR) is 102 cm³/mol. The second kappa shape index (κ2) is 6.09. The van der Waals surface area contributed by atoms with E-state index in [9.17, 15) is 0 Å². The minimum atomic E-state index is 0.0177. The SMILES string of the molecule is COc1ccc2c(ccn2[C@@H]2c3c(cc4c(c3OC)OCO4)CCN2C)c1. The summed E-state index contributed by atoms with van der Waals surface area (Å²) in [5, 5.41) is 1.15. The molecule has 27 heavy (non-hydrogen) atoms. The molecular weight excluding hydrogens is 344 g/mol. The van der Waals surface area contributed by atoms with Gasteiger partial charge in [0.15, 0.2) is 11.5 Å². The van der Waals surface area contributed by atoms with Crippen molar-refractivity contribution in [3.05, 3.63) is 47.7 Å². The summed E-state index contributed by atoms with van der Waals surface area (Å²) in [7, 11) is 5.53. The molecular formula is C21H22N2O4. The topological polar surface area (TPSA) is 45.1 Å². The van der Waals surface area contributed by atoms with Crippen LogP contribution in [0.4, 0.5) is 0 Å². The van der Waals surface area contributed by atoms with E-state index in [1.807, 2.05) is 6.07 Å². The Bertz CT molecular complexity index is 1030. The van der Waals surface area contributed by atoms with Crippen LogP contribution in [-0.2, 0) is 6.42 Å². The molecule has 3 heterocycles. The highest BCUT2D eigenvalue weighted by molar-refractivity contribution is 5.82. The summed E-state index contributed by atoms with van der Waals surface area (Å²) in [5.74, 6) is 3.11. The zero-order valence-electron chi connectivity index (χ0n) is 15.7. The Hall–Kier alpha value is -2.86. The van der Waals surface area contributed by atoms with Crippen molar-refractivity contribution in [2.75, 3.05) is 34.6 Å². The number of benzene rings is 2. The van der Waals surface area contributed by atoms with E-state index < -0.39 is 0 Å². The molecule has 2 aliphatic rings. The Kier molecular flexibility index (Phi) is 3.68. The Morgan fingerprint density at radius 3 is 2.78 bits per heavy atom. The quantitative estimate of drug-likeness (QED) is 0.711. The second-order valence-electron chi connectivity index (χ2n) is 6.97. The molecule has 0 fully saturated rings. The van der Waals surface area contributed by atoms with E-state index in [0.717, 1.165) is 46.7 Å². The smallest absolute Gasteiger partial charge is 0.231 e. The van der Waals surface area contributed by atoms with Crippen molar-refractivity contribution < 1.29 is 18.9 Å². The first-order valence-corrected chi connectivity index (χ1v) is 9.05. The van der Waals surface area contributed by atoms with E-state index in [4.69, 9.17) is 18.9 Å². The fourth-order valence-electron chi connectivity index (χ4n) is 4.24. The van der Waals surface area contributed by atoms with Crippen molar-refractivity contribution in [3.63, 3.8) is 0 Å². The normalized spacial score (nSPS) is 18.6. The van der Waals surface area contributed by atoms with Crippen molar-refractivity contribution in [2.24, 2.45) is 0 Å². The summed E-state index contributed by atoms with van der Waals surface area (Å²) in [6.45, 7) is 1.19. The molecule has 0 saturated carbocycles. The molecule has 0 N–H and O–H groups in total. The average molecular weight is 366 g/mol. The van der Waals surface area contributed by atoms with Gasteiger partial charge in [0.1, 0.15) is 11.9 Å². The van der Waals surface area contributed by atoms with Gasteiger partial charge in [0.25, 0.3) is 0 Å². The summed E-state index contributed by atoms with van der Waals surface area (Å²) in [5.41, 5.74) is 3.54. The molecule has 6 nitrogen and oxygen atoms in total. The highest BCUT2D eigenvalue weighted by Gasteiger charge is 2.35. The Labute approximate surface area is 157 Å². The van der Waals surface area contributed by atoms with Gasteiger partial charge in [-0.1, -0.05) is 0 Å². The molecule has 0 bridgehead atoms. The average Bonchev–Trinajstić information content (AvgIpc) is 3.32. The van der Waals surface area contributed by atoms with Gasteiger partial charge in [-0.05, 0) is 49.4 Å². The molecule has 0 spiro atoms. The van der Waals surface area contributed by atoms with Crippen molar-refractivity contribution in [3.8, 4) is 23.0 Å². The first kappa shape index (κ1) is 16.3. The summed E-state index contributed by atoms with van der Waals surface area (Å²) >= 11 is 0. The molecule has 1 aromatic heterocycles. The van der Waals surface area contributed by atoms with Crippen LogP contribution in [0.25, 0.3) is 10.9 Å². The monoisotopic (exact) mass is 366 g/mol. The molecule has 0 amide bonds. The van der Waals surface area contributed by atoms with Gasteiger partial charge in [-0.15, -0.1) is 0 Å². The highest BCUT2D eigenvalue weighted by Crippen LogP contribution is 2.50. The minimum Gasteiger partial charge on any atom is -0.497 e. The lowest BCUT2D eigenvalue weighted by molar-refractivity contribution is 0.170. The van der Waals surface area contributed by atoms with Crippen LogP contribution in [0.3, 0.4) is 0 Å². The molecule has 1 atom stereocenters. The lowest BCUT2D eigenvalue weighted by Crippen LogP contribution is -2.36. The molecule has 6 heteroatoms. The van der Waals surface area contributed by atoms with Gasteiger partial charge in [-0.2, -0.15) is 0 Å². The third kappa shape index (κ3) is 2.36. The first-order chi connectivity index (χ1) is 13.2. The third-order valence-electron chi connectivity index (χ3n) is 5.55. The van der Waals surface area contributed by atoms with Crippen LogP contribution in [-0.4, -0.2) is 44.1 Å². The molecule has 0 radical (unpaired) electrons.